The minimum Gasteiger partial charge on any atom is -0.457 e. The van der Waals surface area contributed by atoms with E-state index in [-0.39, 0.29) is 5.76 Å². The Morgan fingerprint density at radius 3 is 2.76 bits per heavy atom. The fraction of sp³-hybridized carbons (Fsp3) is 0.0833. The predicted molar refractivity (Wildman–Crippen MR) is 60.6 cm³/mol. The molecule has 0 radical (unpaired) electrons. The fourth-order valence-corrected chi connectivity index (χ4v) is 1.20. The molecule has 2 rings (SSSR count). The first-order valence-electron chi connectivity index (χ1n) is 4.97. The van der Waals surface area contributed by atoms with Crippen LogP contribution in [0.1, 0.15) is 23.0 Å². The predicted octanol–water partition coefficient (Wildman–Crippen LogP) is 2.26. The SMILES string of the molecule is C/C(=N/OC(=O)c1ccco1)c1ccncc1. The largest absolute Gasteiger partial charge is 0.457 e. The molecule has 0 unspecified atom stereocenters. The summed E-state index contributed by atoms with van der Waals surface area (Å²) < 4.78 is 4.88. The third kappa shape index (κ3) is 2.78. The molecule has 2 heterocycles. The molecule has 0 bridgehead atoms. The molecule has 0 fully saturated rings. The van der Waals surface area contributed by atoms with Gasteiger partial charge in [-0.3, -0.25) is 4.98 Å². The van der Waals surface area contributed by atoms with Crippen LogP contribution in [0.4, 0.5) is 0 Å². The maximum atomic E-state index is 11.4. The number of hydrogen-bond donors (Lipinski definition) is 0. The summed E-state index contributed by atoms with van der Waals surface area (Å²) in [5.74, 6) is -0.500. The van der Waals surface area contributed by atoms with E-state index < -0.39 is 5.97 Å². The van der Waals surface area contributed by atoms with Crippen LogP contribution >= 0.6 is 0 Å². The van der Waals surface area contributed by atoms with Gasteiger partial charge >= 0.3 is 5.97 Å². The van der Waals surface area contributed by atoms with Gasteiger partial charge in [0.05, 0.1) is 12.0 Å². The van der Waals surface area contributed by atoms with Gasteiger partial charge in [0.25, 0.3) is 0 Å². The van der Waals surface area contributed by atoms with Gasteiger partial charge in [0.2, 0.25) is 5.76 Å². The minimum absolute atomic E-state index is 0.122. The second-order valence-electron chi connectivity index (χ2n) is 3.27. The molecular weight excluding hydrogens is 220 g/mol. The number of pyridine rings is 1. The Morgan fingerprint density at radius 2 is 2.12 bits per heavy atom. The van der Waals surface area contributed by atoms with Crippen molar-refractivity contribution < 1.29 is 14.0 Å². The molecule has 2 aromatic rings. The van der Waals surface area contributed by atoms with Gasteiger partial charge in [-0.15, -0.1) is 0 Å². The maximum absolute atomic E-state index is 11.4. The maximum Gasteiger partial charge on any atom is 0.400 e. The molecule has 17 heavy (non-hydrogen) atoms. The minimum atomic E-state index is -0.622. The van der Waals surface area contributed by atoms with Crippen molar-refractivity contribution in [3.8, 4) is 0 Å². The molecule has 0 saturated heterocycles. The van der Waals surface area contributed by atoms with Gasteiger partial charge in [-0.05, 0) is 31.2 Å². The van der Waals surface area contributed by atoms with Gasteiger partial charge in [0.15, 0.2) is 0 Å². The van der Waals surface area contributed by atoms with Crippen LogP contribution in [0.2, 0.25) is 0 Å². The van der Waals surface area contributed by atoms with E-state index in [2.05, 4.69) is 10.1 Å². The summed E-state index contributed by atoms with van der Waals surface area (Å²) in [4.78, 5) is 20.0. The molecule has 0 saturated carbocycles. The first-order chi connectivity index (χ1) is 8.27. The number of aromatic nitrogens is 1. The lowest BCUT2D eigenvalue weighted by Gasteiger charge is -1.98. The van der Waals surface area contributed by atoms with Crippen molar-refractivity contribution in [2.45, 2.75) is 6.92 Å². The highest BCUT2D eigenvalue weighted by Gasteiger charge is 2.10. The number of carbonyl (C=O) groups excluding carboxylic acids is 1. The lowest BCUT2D eigenvalue weighted by atomic mass is 10.2. The monoisotopic (exact) mass is 230 g/mol. The molecule has 0 aliphatic rings. The molecule has 5 heteroatoms. The number of nitrogens with zero attached hydrogens (tertiary/aromatic N) is 2. The van der Waals surface area contributed by atoms with Crippen molar-refractivity contribution in [2.24, 2.45) is 5.16 Å². The van der Waals surface area contributed by atoms with E-state index in [0.29, 0.717) is 5.71 Å². The van der Waals surface area contributed by atoms with Gasteiger partial charge < -0.3 is 9.25 Å². The fourth-order valence-electron chi connectivity index (χ4n) is 1.20. The van der Waals surface area contributed by atoms with Crippen LogP contribution in [-0.4, -0.2) is 16.7 Å². The summed E-state index contributed by atoms with van der Waals surface area (Å²) in [5.41, 5.74) is 1.43. The lowest BCUT2D eigenvalue weighted by Crippen LogP contribution is -2.02. The second kappa shape index (κ2) is 5.07. The van der Waals surface area contributed by atoms with Crippen LogP contribution in [0.3, 0.4) is 0 Å². The topological polar surface area (TPSA) is 64.7 Å². The smallest absolute Gasteiger partial charge is 0.400 e. The summed E-state index contributed by atoms with van der Waals surface area (Å²) in [7, 11) is 0. The number of furan rings is 1. The van der Waals surface area contributed by atoms with E-state index in [9.17, 15) is 4.79 Å². The zero-order valence-electron chi connectivity index (χ0n) is 9.16. The Labute approximate surface area is 97.7 Å². The Hall–Kier alpha value is -2.43. The molecule has 5 nitrogen and oxygen atoms in total. The average Bonchev–Trinajstić information content (AvgIpc) is 2.90. The van der Waals surface area contributed by atoms with Crippen LogP contribution in [-0.2, 0) is 4.84 Å². The quantitative estimate of drug-likeness (QED) is 0.461. The van der Waals surface area contributed by atoms with Crippen molar-refractivity contribution >= 4 is 11.7 Å². The van der Waals surface area contributed by atoms with Gasteiger partial charge in [0.1, 0.15) is 0 Å². The third-order valence-corrected chi connectivity index (χ3v) is 2.09. The molecule has 86 valence electrons. The second-order valence-corrected chi connectivity index (χ2v) is 3.27. The Kier molecular flexibility index (Phi) is 3.30. The van der Waals surface area contributed by atoms with E-state index in [4.69, 9.17) is 9.25 Å². The van der Waals surface area contributed by atoms with Crippen LogP contribution in [0.25, 0.3) is 0 Å². The molecule has 0 spiro atoms. The highest BCUT2D eigenvalue weighted by Crippen LogP contribution is 2.04. The summed E-state index contributed by atoms with van der Waals surface area (Å²) in [6.07, 6.45) is 4.68. The van der Waals surface area contributed by atoms with Crippen LogP contribution in [0.5, 0.6) is 0 Å². The highest BCUT2D eigenvalue weighted by molar-refractivity contribution is 5.98. The van der Waals surface area contributed by atoms with Gasteiger partial charge in [-0.1, -0.05) is 5.16 Å². The molecule has 0 atom stereocenters. The van der Waals surface area contributed by atoms with E-state index in [1.807, 2.05) is 0 Å². The van der Waals surface area contributed by atoms with Gasteiger partial charge in [-0.2, -0.15) is 0 Å². The highest BCUT2D eigenvalue weighted by atomic mass is 16.7. The van der Waals surface area contributed by atoms with Crippen molar-refractivity contribution in [3.05, 3.63) is 54.2 Å². The lowest BCUT2D eigenvalue weighted by molar-refractivity contribution is 0.0480. The molecule has 0 aliphatic carbocycles. The van der Waals surface area contributed by atoms with Crippen LogP contribution in [0, 0.1) is 0 Å². The van der Waals surface area contributed by atoms with E-state index in [1.54, 1.807) is 37.5 Å². The zero-order chi connectivity index (χ0) is 12.1. The van der Waals surface area contributed by atoms with E-state index in [1.165, 1.54) is 12.3 Å². The van der Waals surface area contributed by atoms with Crippen molar-refractivity contribution in [3.63, 3.8) is 0 Å². The Bertz CT molecular complexity index is 518. The molecule has 0 aliphatic heterocycles. The zero-order valence-corrected chi connectivity index (χ0v) is 9.16. The Morgan fingerprint density at radius 1 is 1.35 bits per heavy atom. The summed E-state index contributed by atoms with van der Waals surface area (Å²) in [6, 6.07) is 6.68. The molecule has 0 amide bonds. The number of hydrogen-bond acceptors (Lipinski definition) is 5. The first-order valence-corrected chi connectivity index (χ1v) is 4.97. The van der Waals surface area contributed by atoms with Crippen molar-refractivity contribution in [2.75, 3.05) is 0 Å². The number of carbonyl (C=O) groups is 1. The molecular formula is C12H10N2O3. The Balaban J connectivity index is 2.04. The van der Waals surface area contributed by atoms with Gasteiger partial charge in [0, 0.05) is 18.0 Å². The molecule has 2 aromatic heterocycles. The molecule has 0 N–H and O–H groups in total. The van der Waals surface area contributed by atoms with Crippen LogP contribution in [0.15, 0.2) is 52.5 Å². The van der Waals surface area contributed by atoms with Crippen molar-refractivity contribution in [1.29, 1.82) is 0 Å². The molecule has 0 aromatic carbocycles. The van der Waals surface area contributed by atoms with Gasteiger partial charge in [-0.25, -0.2) is 4.79 Å². The van der Waals surface area contributed by atoms with Crippen molar-refractivity contribution in [1.82, 2.24) is 4.98 Å². The standard InChI is InChI=1S/C12H10N2O3/c1-9(10-4-6-13-7-5-10)14-17-12(15)11-3-2-8-16-11/h2-8H,1H3/b14-9-. The normalized spacial score (nSPS) is 11.2. The first kappa shape index (κ1) is 11.1. The summed E-state index contributed by atoms with van der Waals surface area (Å²) in [5, 5.41) is 3.73. The van der Waals surface area contributed by atoms with Crippen LogP contribution < -0.4 is 0 Å². The third-order valence-electron chi connectivity index (χ3n) is 2.09. The van der Waals surface area contributed by atoms with E-state index >= 15 is 0 Å². The van der Waals surface area contributed by atoms with E-state index in [0.717, 1.165) is 5.56 Å². The summed E-state index contributed by atoms with van der Waals surface area (Å²) >= 11 is 0. The number of rotatable bonds is 3. The average molecular weight is 230 g/mol. The number of oxime groups is 1. The summed E-state index contributed by atoms with van der Waals surface area (Å²) in [6.45, 7) is 1.74.